The van der Waals surface area contributed by atoms with Crippen LogP contribution in [0.2, 0.25) is 0 Å². The zero-order valence-electron chi connectivity index (χ0n) is 8.73. The Morgan fingerprint density at radius 2 is 2.00 bits per heavy atom. The summed E-state index contributed by atoms with van der Waals surface area (Å²) in [6, 6.07) is 6.72. The second kappa shape index (κ2) is 3.81. The zero-order chi connectivity index (χ0) is 11.7. The molecule has 1 aromatic carbocycles. The number of aliphatic carboxylic acids is 1. The number of benzene rings is 1. The van der Waals surface area contributed by atoms with Crippen molar-refractivity contribution < 1.29 is 14.7 Å². The first-order valence-corrected chi connectivity index (χ1v) is 4.94. The predicted octanol–water partition coefficient (Wildman–Crippen LogP) is 1.29. The van der Waals surface area contributed by atoms with Crippen LogP contribution in [0.25, 0.3) is 5.57 Å². The first-order chi connectivity index (χ1) is 7.59. The van der Waals surface area contributed by atoms with E-state index < -0.39 is 5.97 Å². The van der Waals surface area contributed by atoms with E-state index in [1.54, 1.807) is 31.2 Å². The van der Waals surface area contributed by atoms with Gasteiger partial charge in [-0.2, -0.15) is 0 Å². The second-order valence-corrected chi connectivity index (χ2v) is 3.68. The number of carboxylic acids is 1. The van der Waals surface area contributed by atoms with Crippen LogP contribution >= 0.6 is 0 Å². The van der Waals surface area contributed by atoms with Crippen molar-refractivity contribution in [1.29, 1.82) is 0 Å². The molecule has 2 N–H and O–H groups in total. The van der Waals surface area contributed by atoms with Gasteiger partial charge < -0.3 is 10.4 Å². The number of hydrogen-bond donors (Lipinski definition) is 2. The van der Waals surface area contributed by atoms with E-state index in [2.05, 4.69) is 5.32 Å². The molecule has 0 aromatic heterocycles. The van der Waals surface area contributed by atoms with Gasteiger partial charge in [0.1, 0.15) is 0 Å². The summed E-state index contributed by atoms with van der Waals surface area (Å²) < 4.78 is 0. The fraction of sp³-hybridized carbons (Fsp3) is 0.167. The largest absolute Gasteiger partial charge is 0.478 e. The van der Waals surface area contributed by atoms with Crippen LogP contribution in [0.5, 0.6) is 0 Å². The summed E-state index contributed by atoms with van der Waals surface area (Å²) in [5, 5.41) is 11.5. The number of carbonyl (C=O) groups excluding carboxylic acids is 1. The molecule has 0 aliphatic carbocycles. The molecule has 0 spiro atoms. The smallest absolute Gasteiger partial charge is 0.328 e. The molecule has 1 aromatic rings. The monoisotopic (exact) mass is 217 g/mol. The standard InChI is InChI=1S/C12H11NO3/c1-7-10(6-11(14)15)8-4-2-3-5-9(8)12(16)13-7/h2-7H,1H3,(H,13,16)(H,14,15)/b10-6-. The molecular weight excluding hydrogens is 206 g/mol. The molecule has 0 fully saturated rings. The summed E-state index contributed by atoms with van der Waals surface area (Å²) in [5.74, 6) is -1.17. The highest BCUT2D eigenvalue weighted by molar-refractivity contribution is 6.06. The van der Waals surface area contributed by atoms with Gasteiger partial charge in [0.05, 0.1) is 6.04 Å². The molecule has 0 saturated carbocycles. The summed E-state index contributed by atoms with van der Waals surface area (Å²) in [5.41, 5.74) is 1.84. The molecule has 4 heteroatoms. The number of fused-ring (bicyclic) bond motifs is 1. The molecule has 4 nitrogen and oxygen atoms in total. The summed E-state index contributed by atoms with van der Waals surface area (Å²) >= 11 is 0. The second-order valence-electron chi connectivity index (χ2n) is 3.68. The topological polar surface area (TPSA) is 66.4 Å². The van der Waals surface area contributed by atoms with Crippen LogP contribution in [0.15, 0.2) is 30.3 Å². The summed E-state index contributed by atoms with van der Waals surface area (Å²) in [6.07, 6.45) is 1.14. The van der Waals surface area contributed by atoms with Crippen molar-refractivity contribution in [2.45, 2.75) is 13.0 Å². The lowest BCUT2D eigenvalue weighted by Gasteiger charge is -2.25. The van der Waals surface area contributed by atoms with Crippen LogP contribution in [0.3, 0.4) is 0 Å². The van der Waals surface area contributed by atoms with E-state index in [9.17, 15) is 9.59 Å². The molecule has 2 rings (SSSR count). The van der Waals surface area contributed by atoms with Crippen molar-refractivity contribution in [1.82, 2.24) is 5.32 Å². The van der Waals surface area contributed by atoms with Crippen molar-refractivity contribution in [3.63, 3.8) is 0 Å². The van der Waals surface area contributed by atoms with E-state index in [1.165, 1.54) is 0 Å². The van der Waals surface area contributed by atoms with Gasteiger partial charge in [-0.05, 0) is 24.1 Å². The minimum Gasteiger partial charge on any atom is -0.478 e. The number of carboxylic acid groups (broad SMARTS) is 1. The lowest BCUT2D eigenvalue weighted by Crippen LogP contribution is -2.38. The van der Waals surface area contributed by atoms with E-state index >= 15 is 0 Å². The van der Waals surface area contributed by atoms with E-state index in [0.29, 0.717) is 16.7 Å². The Bertz CT molecular complexity index is 491. The van der Waals surface area contributed by atoms with E-state index in [0.717, 1.165) is 6.08 Å². The normalized spacial score (nSPS) is 21.4. The molecular formula is C12H11NO3. The molecule has 1 atom stereocenters. The van der Waals surface area contributed by atoms with Gasteiger partial charge in [0.2, 0.25) is 0 Å². The van der Waals surface area contributed by atoms with Gasteiger partial charge in [0, 0.05) is 11.6 Å². The van der Waals surface area contributed by atoms with Gasteiger partial charge in [0.25, 0.3) is 5.91 Å². The number of rotatable bonds is 1. The van der Waals surface area contributed by atoms with E-state index in [1.807, 2.05) is 0 Å². The third-order valence-electron chi connectivity index (χ3n) is 2.58. The Kier molecular flexibility index (Phi) is 2.48. The molecule has 16 heavy (non-hydrogen) atoms. The minimum absolute atomic E-state index is 0.161. The van der Waals surface area contributed by atoms with Crippen molar-refractivity contribution in [3.05, 3.63) is 41.5 Å². The van der Waals surface area contributed by atoms with E-state index in [4.69, 9.17) is 5.11 Å². The lowest BCUT2D eigenvalue weighted by atomic mass is 9.90. The first-order valence-electron chi connectivity index (χ1n) is 4.94. The molecule has 0 radical (unpaired) electrons. The Morgan fingerprint density at radius 3 is 2.62 bits per heavy atom. The first kappa shape index (κ1) is 10.4. The Hall–Kier alpha value is -2.10. The van der Waals surface area contributed by atoms with Crippen LogP contribution in [0.1, 0.15) is 22.8 Å². The SMILES string of the molecule is CC1NC(=O)c2ccccc2/C1=C\C(=O)O. The molecule has 1 unspecified atom stereocenters. The Labute approximate surface area is 92.6 Å². The number of hydrogen-bond acceptors (Lipinski definition) is 2. The number of amides is 1. The van der Waals surface area contributed by atoms with Gasteiger partial charge in [-0.15, -0.1) is 0 Å². The summed E-state index contributed by atoms with van der Waals surface area (Å²) in [7, 11) is 0. The zero-order valence-corrected chi connectivity index (χ0v) is 8.73. The maximum Gasteiger partial charge on any atom is 0.328 e. The molecule has 82 valence electrons. The average Bonchev–Trinajstić information content (AvgIpc) is 2.24. The third kappa shape index (κ3) is 1.69. The van der Waals surface area contributed by atoms with Crippen LogP contribution < -0.4 is 5.32 Å². The number of carbonyl (C=O) groups is 2. The molecule has 1 amide bonds. The van der Waals surface area contributed by atoms with Crippen molar-refractivity contribution >= 4 is 17.4 Å². The maximum absolute atomic E-state index is 11.6. The highest BCUT2D eigenvalue weighted by Crippen LogP contribution is 2.26. The molecule has 0 saturated heterocycles. The van der Waals surface area contributed by atoms with Gasteiger partial charge in [-0.25, -0.2) is 4.79 Å². The van der Waals surface area contributed by atoms with Gasteiger partial charge >= 0.3 is 5.97 Å². The molecule has 1 heterocycles. The van der Waals surface area contributed by atoms with Crippen LogP contribution in [-0.2, 0) is 4.79 Å². The summed E-state index contributed by atoms with van der Waals surface area (Å²) in [4.78, 5) is 22.4. The third-order valence-corrected chi connectivity index (χ3v) is 2.58. The fourth-order valence-corrected chi connectivity index (χ4v) is 1.85. The molecule has 0 bridgehead atoms. The Balaban J connectivity index is 2.60. The quantitative estimate of drug-likeness (QED) is 0.696. The van der Waals surface area contributed by atoms with Gasteiger partial charge in [-0.1, -0.05) is 18.2 Å². The minimum atomic E-state index is -1.01. The lowest BCUT2D eigenvalue weighted by molar-refractivity contribution is -0.131. The highest BCUT2D eigenvalue weighted by atomic mass is 16.4. The van der Waals surface area contributed by atoms with Gasteiger partial charge in [-0.3, -0.25) is 4.79 Å². The summed E-state index contributed by atoms with van der Waals surface area (Å²) in [6.45, 7) is 1.77. The van der Waals surface area contributed by atoms with Crippen molar-refractivity contribution in [2.24, 2.45) is 0 Å². The van der Waals surface area contributed by atoms with Crippen molar-refractivity contribution in [3.8, 4) is 0 Å². The van der Waals surface area contributed by atoms with Crippen LogP contribution in [0.4, 0.5) is 0 Å². The van der Waals surface area contributed by atoms with Crippen LogP contribution in [0, 0.1) is 0 Å². The maximum atomic E-state index is 11.6. The van der Waals surface area contributed by atoms with Gasteiger partial charge in [0.15, 0.2) is 0 Å². The fourth-order valence-electron chi connectivity index (χ4n) is 1.85. The Morgan fingerprint density at radius 1 is 1.38 bits per heavy atom. The average molecular weight is 217 g/mol. The van der Waals surface area contributed by atoms with Crippen LogP contribution in [-0.4, -0.2) is 23.0 Å². The van der Waals surface area contributed by atoms with E-state index in [-0.39, 0.29) is 11.9 Å². The number of nitrogens with one attached hydrogen (secondary N) is 1. The molecule has 1 aliphatic heterocycles. The predicted molar refractivity (Wildman–Crippen MR) is 59.0 cm³/mol. The molecule has 1 aliphatic rings. The van der Waals surface area contributed by atoms with Crippen molar-refractivity contribution in [2.75, 3.05) is 0 Å². The highest BCUT2D eigenvalue weighted by Gasteiger charge is 2.25.